The van der Waals surface area contributed by atoms with Crippen molar-refractivity contribution in [2.75, 3.05) is 0 Å². The van der Waals surface area contributed by atoms with E-state index in [9.17, 15) is 14.3 Å². The summed E-state index contributed by atoms with van der Waals surface area (Å²) in [5.41, 5.74) is 2.93. The number of hydrogen-bond donors (Lipinski definition) is 2. The first-order chi connectivity index (χ1) is 11.5. The third-order valence-electron chi connectivity index (χ3n) is 3.40. The maximum absolute atomic E-state index is 12.2. The summed E-state index contributed by atoms with van der Waals surface area (Å²) in [6, 6.07) is 18.4. The fourth-order valence-electron chi connectivity index (χ4n) is 2.02. The lowest BCUT2D eigenvalue weighted by Crippen LogP contribution is -2.25. The van der Waals surface area contributed by atoms with Crippen LogP contribution in [0.3, 0.4) is 0 Å². The van der Waals surface area contributed by atoms with Gasteiger partial charge in [-0.25, -0.2) is 4.79 Å². The largest absolute Gasteiger partial charge is 0.443 e. The highest BCUT2D eigenvalue weighted by atomic mass is 31.2. The van der Waals surface area contributed by atoms with Crippen molar-refractivity contribution in [3.63, 3.8) is 0 Å². The highest BCUT2D eigenvalue weighted by Gasteiger charge is 2.30. The maximum Gasteiger partial charge on any atom is 0.432 e. The summed E-state index contributed by atoms with van der Waals surface area (Å²) < 4.78 is 21.8. The molecule has 1 amide bonds. The number of carbonyl (C=O) groups excluding carboxylic acids is 1. The first-order valence-corrected chi connectivity index (χ1v) is 9.14. The predicted octanol–water partition coefficient (Wildman–Crippen LogP) is 3.66. The number of benzene rings is 2. The van der Waals surface area contributed by atoms with Crippen molar-refractivity contribution >= 4 is 13.7 Å². The summed E-state index contributed by atoms with van der Waals surface area (Å²) in [4.78, 5) is 21.5. The van der Waals surface area contributed by atoms with Gasteiger partial charge in [0.15, 0.2) is 0 Å². The van der Waals surface area contributed by atoms with E-state index in [-0.39, 0.29) is 6.61 Å². The lowest BCUT2D eigenvalue weighted by atomic mass is 10.1. The quantitative estimate of drug-likeness (QED) is 0.589. The Balaban J connectivity index is 1.78. The third-order valence-corrected chi connectivity index (χ3v) is 5.05. The third kappa shape index (κ3) is 5.81. The van der Waals surface area contributed by atoms with Gasteiger partial charge in [0, 0.05) is 0 Å². The molecule has 0 bridgehead atoms. The molecule has 0 saturated carbocycles. The van der Waals surface area contributed by atoms with E-state index in [1.54, 1.807) is 19.1 Å². The predicted molar refractivity (Wildman–Crippen MR) is 90.3 cm³/mol. The van der Waals surface area contributed by atoms with Gasteiger partial charge in [0.1, 0.15) is 6.61 Å². The minimum Gasteiger partial charge on any atom is -0.443 e. The molecule has 0 aliphatic carbocycles. The second kappa shape index (κ2) is 8.64. The normalized spacial score (nSPS) is 14.4. The van der Waals surface area contributed by atoms with Crippen LogP contribution in [-0.4, -0.2) is 16.6 Å². The standard InChI is InChI=1S/C17H20NO5P/c1-14(12-15-8-4-2-5-9-15)24(20,21)23-18-17(19)22-13-16-10-6-3-7-11-16/h2-11,14H,12-13H2,1H3,(H,18,19)(H,20,21). The number of carbonyl (C=O) groups is 1. The Morgan fingerprint density at radius 3 is 2.21 bits per heavy atom. The Bertz CT molecular complexity index is 693. The molecule has 2 rings (SSSR count). The summed E-state index contributed by atoms with van der Waals surface area (Å²) in [6.45, 7) is 1.64. The molecule has 0 saturated heterocycles. The molecule has 128 valence electrons. The van der Waals surface area contributed by atoms with E-state index in [2.05, 4.69) is 0 Å². The molecule has 24 heavy (non-hydrogen) atoms. The van der Waals surface area contributed by atoms with Crippen molar-refractivity contribution in [2.24, 2.45) is 0 Å². The first-order valence-electron chi connectivity index (χ1n) is 7.49. The monoisotopic (exact) mass is 349 g/mol. The molecule has 6 nitrogen and oxygen atoms in total. The number of amides is 1. The van der Waals surface area contributed by atoms with Crippen molar-refractivity contribution in [1.82, 2.24) is 5.48 Å². The van der Waals surface area contributed by atoms with Gasteiger partial charge in [0.05, 0.1) is 5.66 Å². The van der Waals surface area contributed by atoms with Crippen LogP contribution in [0.5, 0.6) is 0 Å². The molecule has 2 aromatic carbocycles. The van der Waals surface area contributed by atoms with E-state index >= 15 is 0 Å². The summed E-state index contributed by atoms with van der Waals surface area (Å²) in [5, 5.41) is 0. The zero-order valence-corrected chi connectivity index (χ0v) is 14.2. The van der Waals surface area contributed by atoms with Gasteiger partial charge in [-0.05, 0) is 17.5 Å². The number of nitrogens with one attached hydrogen (secondary N) is 1. The average Bonchev–Trinajstić information content (AvgIpc) is 2.60. The molecule has 0 aromatic heterocycles. The Hall–Kier alpha value is -2.14. The van der Waals surface area contributed by atoms with Crippen molar-refractivity contribution in [3.8, 4) is 0 Å². The second-order valence-corrected chi connectivity index (χ2v) is 7.55. The van der Waals surface area contributed by atoms with Gasteiger partial charge in [0.2, 0.25) is 0 Å². The van der Waals surface area contributed by atoms with Gasteiger partial charge in [-0.15, -0.1) is 0 Å². The van der Waals surface area contributed by atoms with Gasteiger partial charge in [-0.2, -0.15) is 10.1 Å². The van der Waals surface area contributed by atoms with Crippen LogP contribution in [0.15, 0.2) is 60.7 Å². The molecule has 2 N–H and O–H groups in total. The number of ether oxygens (including phenoxy) is 1. The van der Waals surface area contributed by atoms with Crippen LogP contribution in [0, 0.1) is 0 Å². The zero-order valence-electron chi connectivity index (χ0n) is 13.3. The topological polar surface area (TPSA) is 84.9 Å². The number of hydrogen-bond acceptors (Lipinski definition) is 4. The zero-order chi connectivity index (χ0) is 17.4. The van der Waals surface area contributed by atoms with E-state index in [0.29, 0.717) is 6.42 Å². The SMILES string of the molecule is CC(Cc1ccccc1)P(=O)(O)ONC(=O)OCc1ccccc1. The smallest absolute Gasteiger partial charge is 0.432 e. The number of rotatable bonds is 7. The molecule has 0 spiro atoms. The van der Waals surface area contributed by atoms with Crippen LogP contribution >= 0.6 is 7.60 Å². The lowest BCUT2D eigenvalue weighted by molar-refractivity contribution is 0.0873. The number of hydroxylamine groups is 1. The highest BCUT2D eigenvalue weighted by Crippen LogP contribution is 2.47. The average molecular weight is 349 g/mol. The Morgan fingerprint density at radius 1 is 1.08 bits per heavy atom. The minimum atomic E-state index is -4.01. The molecule has 2 aromatic rings. The van der Waals surface area contributed by atoms with Crippen molar-refractivity contribution in [2.45, 2.75) is 25.6 Å². The van der Waals surface area contributed by atoms with Gasteiger partial charge in [-0.3, -0.25) is 4.57 Å². The Kier molecular flexibility index (Phi) is 6.55. The maximum atomic E-state index is 12.2. The van der Waals surface area contributed by atoms with Crippen molar-refractivity contribution in [3.05, 3.63) is 71.8 Å². The first kappa shape index (κ1) is 18.2. The van der Waals surface area contributed by atoms with E-state index in [0.717, 1.165) is 11.1 Å². The summed E-state index contributed by atoms with van der Waals surface area (Å²) in [6.07, 6.45) is -0.560. The molecular formula is C17H20NO5P. The van der Waals surface area contributed by atoms with Gasteiger partial charge < -0.3 is 9.63 Å². The molecule has 0 radical (unpaired) electrons. The fourth-order valence-corrected chi connectivity index (χ4v) is 2.84. The van der Waals surface area contributed by atoms with Gasteiger partial charge >= 0.3 is 13.7 Å². The fraction of sp³-hybridized carbons (Fsp3) is 0.235. The molecular weight excluding hydrogens is 329 g/mol. The summed E-state index contributed by atoms with van der Waals surface area (Å²) in [7, 11) is -4.01. The summed E-state index contributed by atoms with van der Waals surface area (Å²) >= 11 is 0. The van der Waals surface area contributed by atoms with E-state index in [4.69, 9.17) is 9.36 Å². The molecule has 2 atom stereocenters. The van der Waals surface area contributed by atoms with E-state index in [1.807, 2.05) is 54.0 Å². The highest BCUT2D eigenvalue weighted by molar-refractivity contribution is 7.53. The molecule has 0 fully saturated rings. The van der Waals surface area contributed by atoms with E-state index in [1.165, 1.54) is 0 Å². The molecule has 7 heteroatoms. The molecule has 0 aliphatic rings. The summed E-state index contributed by atoms with van der Waals surface area (Å²) in [5.74, 6) is 0. The van der Waals surface area contributed by atoms with Gasteiger partial charge in [0.25, 0.3) is 0 Å². The van der Waals surface area contributed by atoms with E-state index < -0.39 is 19.3 Å². The Morgan fingerprint density at radius 2 is 1.62 bits per heavy atom. The van der Waals surface area contributed by atoms with Crippen LogP contribution in [0.1, 0.15) is 18.1 Å². The van der Waals surface area contributed by atoms with Gasteiger partial charge in [-0.1, -0.05) is 67.6 Å². The lowest BCUT2D eigenvalue weighted by Gasteiger charge is -2.18. The second-order valence-electron chi connectivity index (χ2n) is 5.36. The van der Waals surface area contributed by atoms with Crippen LogP contribution < -0.4 is 5.48 Å². The van der Waals surface area contributed by atoms with Crippen LogP contribution in [0.25, 0.3) is 0 Å². The van der Waals surface area contributed by atoms with Crippen LogP contribution in [-0.2, 0) is 27.0 Å². The molecule has 0 heterocycles. The van der Waals surface area contributed by atoms with Crippen molar-refractivity contribution < 1.29 is 23.6 Å². The Labute approximate surface area is 140 Å². The molecule has 2 unspecified atom stereocenters. The molecule has 0 aliphatic heterocycles. The van der Waals surface area contributed by atoms with Crippen LogP contribution in [0.2, 0.25) is 0 Å². The van der Waals surface area contributed by atoms with Crippen molar-refractivity contribution in [1.29, 1.82) is 0 Å². The minimum absolute atomic E-state index is 0.0470. The van der Waals surface area contributed by atoms with Crippen LogP contribution in [0.4, 0.5) is 4.79 Å².